The van der Waals surface area contributed by atoms with Crippen molar-refractivity contribution in [3.05, 3.63) is 50.1 Å². The number of hydrogen-bond acceptors (Lipinski definition) is 2. The number of thiophene rings is 1. The van der Waals surface area contributed by atoms with Gasteiger partial charge in [-0.2, -0.15) is 0 Å². The molecule has 1 aliphatic rings. The molecule has 1 unspecified atom stereocenters. The van der Waals surface area contributed by atoms with Crippen LogP contribution < -0.4 is 5.32 Å². The Hall–Kier alpha value is -0.510. The van der Waals surface area contributed by atoms with Crippen molar-refractivity contribution in [2.24, 2.45) is 5.92 Å². The summed E-state index contributed by atoms with van der Waals surface area (Å²) in [6.07, 6.45) is 2.63. The van der Waals surface area contributed by atoms with Gasteiger partial charge in [0.25, 0.3) is 0 Å². The van der Waals surface area contributed by atoms with Crippen LogP contribution in [0.1, 0.15) is 23.8 Å². The summed E-state index contributed by atoms with van der Waals surface area (Å²) in [5.41, 5.74) is 1.08. The molecule has 0 aliphatic heterocycles. The second kappa shape index (κ2) is 5.24. The lowest BCUT2D eigenvalue weighted by Gasteiger charge is -2.19. The monoisotopic (exact) mass is 341 g/mol. The molecule has 1 atom stereocenters. The van der Waals surface area contributed by atoms with E-state index in [9.17, 15) is 0 Å². The number of anilines is 1. The third kappa shape index (κ3) is 2.58. The fraction of sp³-hybridized carbons (Fsp3) is 0.286. The number of nitrogens with one attached hydrogen (secondary N) is 1. The SMILES string of the molecule is Clc1cccc(NC(c2cccs2)C2CC2)c1Br. The van der Waals surface area contributed by atoms with Gasteiger partial charge in [-0.15, -0.1) is 11.3 Å². The Bertz CT molecular complexity index is 537. The molecular formula is C14H13BrClNS. The number of hydrogen-bond donors (Lipinski definition) is 1. The van der Waals surface area contributed by atoms with Crippen molar-refractivity contribution in [3.63, 3.8) is 0 Å². The highest BCUT2D eigenvalue weighted by Gasteiger charge is 2.33. The Labute approximate surface area is 124 Å². The first-order chi connectivity index (χ1) is 8.75. The fourth-order valence-corrected chi connectivity index (χ4v) is 3.52. The van der Waals surface area contributed by atoms with Crippen molar-refractivity contribution in [2.75, 3.05) is 5.32 Å². The van der Waals surface area contributed by atoms with Gasteiger partial charge in [-0.25, -0.2) is 0 Å². The van der Waals surface area contributed by atoms with Crippen LogP contribution in [0.5, 0.6) is 0 Å². The van der Waals surface area contributed by atoms with Crippen LogP contribution >= 0.6 is 38.9 Å². The van der Waals surface area contributed by atoms with E-state index < -0.39 is 0 Å². The molecule has 0 amide bonds. The molecule has 0 radical (unpaired) electrons. The zero-order chi connectivity index (χ0) is 12.5. The maximum Gasteiger partial charge on any atom is 0.0635 e. The van der Waals surface area contributed by atoms with Crippen molar-refractivity contribution in [1.29, 1.82) is 0 Å². The molecule has 18 heavy (non-hydrogen) atoms. The highest BCUT2D eigenvalue weighted by molar-refractivity contribution is 9.10. The predicted molar refractivity (Wildman–Crippen MR) is 82.6 cm³/mol. The first kappa shape index (κ1) is 12.5. The lowest BCUT2D eigenvalue weighted by atomic mass is 10.1. The molecule has 1 nitrogen and oxygen atoms in total. The Kier molecular flexibility index (Phi) is 3.64. The molecule has 0 spiro atoms. The Balaban J connectivity index is 1.87. The summed E-state index contributed by atoms with van der Waals surface area (Å²) in [6.45, 7) is 0. The van der Waals surface area contributed by atoms with Crippen LogP contribution in [-0.4, -0.2) is 0 Å². The highest BCUT2D eigenvalue weighted by Crippen LogP contribution is 2.45. The van der Waals surface area contributed by atoms with Crippen LogP contribution in [0.4, 0.5) is 5.69 Å². The largest absolute Gasteiger partial charge is 0.376 e. The minimum atomic E-state index is 0.416. The molecule has 0 saturated heterocycles. The minimum absolute atomic E-state index is 0.416. The quantitative estimate of drug-likeness (QED) is 0.748. The van der Waals surface area contributed by atoms with Gasteiger partial charge in [0, 0.05) is 4.88 Å². The molecule has 3 rings (SSSR count). The zero-order valence-electron chi connectivity index (χ0n) is 9.70. The first-order valence-electron chi connectivity index (χ1n) is 5.99. The molecule has 1 fully saturated rings. The Morgan fingerprint density at radius 1 is 1.28 bits per heavy atom. The normalized spacial score (nSPS) is 16.6. The van der Waals surface area contributed by atoms with Crippen LogP contribution in [0.25, 0.3) is 0 Å². The van der Waals surface area contributed by atoms with E-state index in [4.69, 9.17) is 11.6 Å². The molecule has 1 aliphatic carbocycles. The summed E-state index contributed by atoms with van der Waals surface area (Å²) in [7, 11) is 0. The number of benzene rings is 1. The third-order valence-electron chi connectivity index (χ3n) is 3.21. The summed E-state index contributed by atoms with van der Waals surface area (Å²) in [6, 6.07) is 10.7. The van der Waals surface area contributed by atoms with E-state index in [0.29, 0.717) is 6.04 Å². The lowest BCUT2D eigenvalue weighted by molar-refractivity contribution is 0.690. The molecule has 1 saturated carbocycles. The van der Waals surface area contributed by atoms with Crippen molar-refractivity contribution in [3.8, 4) is 0 Å². The highest BCUT2D eigenvalue weighted by atomic mass is 79.9. The van der Waals surface area contributed by atoms with Gasteiger partial charge in [0.05, 0.1) is 21.2 Å². The zero-order valence-corrected chi connectivity index (χ0v) is 12.9. The van der Waals surface area contributed by atoms with E-state index in [2.05, 4.69) is 44.8 Å². The van der Waals surface area contributed by atoms with Gasteiger partial charge < -0.3 is 5.32 Å². The topological polar surface area (TPSA) is 12.0 Å². The van der Waals surface area contributed by atoms with Gasteiger partial charge in [-0.3, -0.25) is 0 Å². The average molecular weight is 343 g/mol. The lowest BCUT2D eigenvalue weighted by Crippen LogP contribution is -2.11. The summed E-state index contributed by atoms with van der Waals surface area (Å²) in [5.74, 6) is 0.759. The molecule has 1 N–H and O–H groups in total. The minimum Gasteiger partial charge on any atom is -0.376 e. The van der Waals surface area contributed by atoms with Gasteiger partial charge >= 0.3 is 0 Å². The summed E-state index contributed by atoms with van der Waals surface area (Å²) in [4.78, 5) is 1.41. The predicted octanol–water partition coefficient (Wildman–Crippen LogP) is 5.73. The summed E-state index contributed by atoms with van der Waals surface area (Å²) < 4.78 is 0.953. The van der Waals surface area contributed by atoms with Gasteiger partial charge in [-0.05, 0) is 58.3 Å². The summed E-state index contributed by atoms with van der Waals surface area (Å²) >= 11 is 11.5. The van der Waals surface area contributed by atoms with Gasteiger partial charge in [0.1, 0.15) is 0 Å². The van der Waals surface area contributed by atoms with E-state index >= 15 is 0 Å². The standard InChI is InChI=1S/C14H13BrClNS/c15-13-10(16)3-1-4-11(13)17-14(9-6-7-9)12-5-2-8-18-12/h1-5,8-9,14,17H,6-7H2. The average Bonchev–Trinajstić information content (AvgIpc) is 3.06. The molecule has 2 aromatic rings. The summed E-state index contributed by atoms with van der Waals surface area (Å²) in [5, 5.41) is 6.52. The first-order valence-corrected chi connectivity index (χ1v) is 8.04. The molecule has 0 bridgehead atoms. The van der Waals surface area contributed by atoms with E-state index in [-0.39, 0.29) is 0 Å². The van der Waals surface area contributed by atoms with Gasteiger partial charge in [-0.1, -0.05) is 23.7 Å². The van der Waals surface area contributed by atoms with Crippen molar-refractivity contribution in [1.82, 2.24) is 0 Å². The third-order valence-corrected chi connectivity index (χ3v) is 5.56. The molecular weight excluding hydrogens is 330 g/mol. The second-order valence-corrected chi connectivity index (χ2v) is 6.76. The van der Waals surface area contributed by atoms with Gasteiger partial charge in [0.15, 0.2) is 0 Å². The Morgan fingerprint density at radius 2 is 2.11 bits per heavy atom. The van der Waals surface area contributed by atoms with Crippen molar-refractivity contribution in [2.45, 2.75) is 18.9 Å². The molecule has 94 valence electrons. The number of halogens is 2. The molecule has 4 heteroatoms. The van der Waals surface area contributed by atoms with Crippen LogP contribution in [0.15, 0.2) is 40.2 Å². The fourth-order valence-electron chi connectivity index (χ4n) is 2.10. The van der Waals surface area contributed by atoms with E-state index in [1.807, 2.05) is 23.5 Å². The maximum atomic E-state index is 6.13. The second-order valence-electron chi connectivity index (χ2n) is 4.58. The van der Waals surface area contributed by atoms with E-state index in [1.54, 1.807) is 0 Å². The van der Waals surface area contributed by atoms with E-state index in [0.717, 1.165) is 21.1 Å². The van der Waals surface area contributed by atoms with E-state index in [1.165, 1.54) is 17.7 Å². The smallest absolute Gasteiger partial charge is 0.0635 e. The Morgan fingerprint density at radius 3 is 2.78 bits per heavy atom. The van der Waals surface area contributed by atoms with Crippen LogP contribution in [0.3, 0.4) is 0 Å². The van der Waals surface area contributed by atoms with Crippen LogP contribution in [-0.2, 0) is 0 Å². The van der Waals surface area contributed by atoms with Crippen molar-refractivity contribution < 1.29 is 0 Å². The maximum absolute atomic E-state index is 6.13. The molecule has 1 aromatic carbocycles. The number of rotatable bonds is 4. The molecule has 1 heterocycles. The van der Waals surface area contributed by atoms with Gasteiger partial charge in [0.2, 0.25) is 0 Å². The van der Waals surface area contributed by atoms with Crippen molar-refractivity contribution >= 4 is 44.6 Å². The molecule has 1 aromatic heterocycles. The van der Waals surface area contributed by atoms with Crippen LogP contribution in [0, 0.1) is 5.92 Å². The van der Waals surface area contributed by atoms with Crippen LogP contribution in [0.2, 0.25) is 5.02 Å².